The molecule has 2 bridgehead atoms. The number of nitrogens with one attached hydrogen (secondary N) is 1. The molecule has 5 rings (SSSR count). The number of hydrogen-bond donors (Lipinski definition) is 3. The highest BCUT2D eigenvalue weighted by molar-refractivity contribution is 9.10. The largest absolute Gasteiger partial charge is 0.390 e. The molecular formula is C21H28BrN3O2. The number of halogens is 1. The molecule has 1 unspecified atom stereocenters. The number of carbonyl (C=O) groups is 1. The molecule has 0 saturated heterocycles. The van der Waals surface area contributed by atoms with Crippen LogP contribution in [0.4, 0.5) is 5.69 Å². The van der Waals surface area contributed by atoms with Crippen molar-refractivity contribution in [2.24, 2.45) is 17.1 Å². The Kier molecular flexibility index (Phi) is 5.32. The molecule has 3 aliphatic rings. The van der Waals surface area contributed by atoms with Crippen LogP contribution in [0.5, 0.6) is 0 Å². The first-order valence-corrected chi connectivity index (χ1v) is 10.7. The Hall–Kier alpha value is -1.37. The van der Waals surface area contributed by atoms with E-state index >= 15 is 0 Å². The highest BCUT2D eigenvalue weighted by atomic mass is 79.9. The van der Waals surface area contributed by atoms with E-state index in [0.29, 0.717) is 13.0 Å². The van der Waals surface area contributed by atoms with E-state index < -0.39 is 6.10 Å². The topological polar surface area (TPSA) is 80.3 Å². The second kappa shape index (κ2) is 7.57. The number of anilines is 1. The number of amides is 1. The Balaban J connectivity index is 1.56. The van der Waals surface area contributed by atoms with E-state index in [2.05, 4.69) is 21.2 Å². The normalized spacial score (nSPS) is 25.7. The maximum Gasteiger partial charge on any atom is 0.224 e. The molecule has 0 spiro atoms. The zero-order valence-corrected chi connectivity index (χ0v) is 17.2. The summed E-state index contributed by atoms with van der Waals surface area (Å²) in [6.45, 7) is 0.615. The second-order valence-electron chi connectivity index (χ2n) is 8.43. The van der Waals surface area contributed by atoms with Gasteiger partial charge in [0.2, 0.25) is 5.91 Å². The Morgan fingerprint density at radius 3 is 2.70 bits per heavy atom. The second-order valence-corrected chi connectivity index (χ2v) is 9.28. The fourth-order valence-electron chi connectivity index (χ4n) is 5.00. The molecule has 1 atom stereocenters. The predicted octanol–water partition coefficient (Wildman–Crippen LogP) is 4.02. The third kappa shape index (κ3) is 3.80. The lowest BCUT2D eigenvalue weighted by Gasteiger charge is -2.46. The monoisotopic (exact) mass is 433 g/mol. The van der Waals surface area contributed by atoms with Crippen molar-refractivity contribution in [3.63, 3.8) is 0 Å². The Morgan fingerprint density at radius 1 is 1.33 bits per heavy atom. The van der Waals surface area contributed by atoms with Crippen molar-refractivity contribution in [1.29, 1.82) is 0 Å². The van der Waals surface area contributed by atoms with E-state index in [1.54, 1.807) is 0 Å². The maximum atomic E-state index is 12.9. The number of fused-ring (bicyclic) bond motifs is 4. The van der Waals surface area contributed by atoms with E-state index in [0.717, 1.165) is 27.0 Å². The number of rotatable bonds is 6. The van der Waals surface area contributed by atoms with Gasteiger partial charge in [0.15, 0.2) is 0 Å². The molecule has 0 radical (unpaired) electrons. The first kappa shape index (κ1) is 19.0. The van der Waals surface area contributed by atoms with Gasteiger partial charge in [0.05, 0.1) is 17.3 Å². The van der Waals surface area contributed by atoms with E-state index in [1.807, 2.05) is 29.0 Å². The molecule has 146 valence electrons. The minimum atomic E-state index is -0.612. The Morgan fingerprint density at radius 2 is 2.04 bits per heavy atom. The van der Waals surface area contributed by atoms with Crippen LogP contribution in [0, 0.1) is 11.3 Å². The average molecular weight is 434 g/mol. The van der Waals surface area contributed by atoms with Crippen molar-refractivity contribution in [2.45, 2.75) is 57.6 Å². The third-order valence-corrected chi connectivity index (χ3v) is 7.25. The molecule has 0 aliphatic heterocycles. The van der Waals surface area contributed by atoms with Crippen LogP contribution >= 0.6 is 15.9 Å². The van der Waals surface area contributed by atoms with Crippen LogP contribution in [0.1, 0.15) is 44.9 Å². The maximum absolute atomic E-state index is 12.9. The molecule has 27 heavy (non-hydrogen) atoms. The fourth-order valence-corrected chi connectivity index (χ4v) is 5.56. The highest BCUT2D eigenvalue weighted by Gasteiger charge is 2.41. The summed E-state index contributed by atoms with van der Waals surface area (Å²) >= 11 is 3.61. The molecular weight excluding hydrogens is 406 g/mol. The van der Waals surface area contributed by atoms with Crippen LogP contribution in [0.2, 0.25) is 0 Å². The molecule has 6 heteroatoms. The van der Waals surface area contributed by atoms with Crippen LogP contribution in [-0.4, -0.2) is 28.2 Å². The van der Waals surface area contributed by atoms with Crippen LogP contribution in [0.15, 0.2) is 28.9 Å². The Labute approximate surface area is 168 Å². The SMILES string of the molecule is NCC(O)Cn1cc(NC(=O)CC23CCC(CC2)CC3)c2c(Br)cccc21. The number of aliphatic hydroxyl groups excluding tert-OH is 1. The number of hydrogen-bond acceptors (Lipinski definition) is 3. The van der Waals surface area contributed by atoms with Gasteiger partial charge in [-0.15, -0.1) is 0 Å². The van der Waals surface area contributed by atoms with Gasteiger partial charge in [-0.05, 0) is 62.0 Å². The van der Waals surface area contributed by atoms with E-state index in [-0.39, 0.29) is 17.9 Å². The summed E-state index contributed by atoms with van der Waals surface area (Å²) in [6, 6.07) is 5.94. The molecule has 4 N–H and O–H groups in total. The van der Waals surface area contributed by atoms with Gasteiger partial charge in [-0.25, -0.2) is 0 Å². The van der Waals surface area contributed by atoms with Crippen LogP contribution in [0.25, 0.3) is 10.9 Å². The summed E-state index contributed by atoms with van der Waals surface area (Å²) in [4.78, 5) is 12.9. The van der Waals surface area contributed by atoms with E-state index in [1.165, 1.54) is 38.5 Å². The lowest BCUT2D eigenvalue weighted by molar-refractivity contribution is -0.120. The first-order chi connectivity index (χ1) is 13.0. The van der Waals surface area contributed by atoms with Crippen LogP contribution < -0.4 is 11.1 Å². The van der Waals surface area contributed by atoms with Crippen molar-refractivity contribution in [1.82, 2.24) is 4.57 Å². The average Bonchev–Trinajstić information content (AvgIpc) is 3.01. The lowest BCUT2D eigenvalue weighted by Crippen LogP contribution is -2.37. The molecule has 5 nitrogen and oxygen atoms in total. The summed E-state index contributed by atoms with van der Waals surface area (Å²) in [5.74, 6) is 1.00. The molecule has 3 fully saturated rings. The zero-order valence-electron chi connectivity index (χ0n) is 15.6. The van der Waals surface area contributed by atoms with Gasteiger partial charge in [0, 0.05) is 35.6 Å². The quantitative estimate of drug-likeness (QED) is 0.643. The highest BCUT2D eigenvalue weighted by Crippen LogP contribution is 2.52. The molecule has 1 aromatic carbocycles. The standard InChI is InChI=1S/C21H28BrN3O2/c22-16-2-1-3-18-20(16)17(13-25(18)12-15(26)11-23)24-19(27)10-21-7-4-14(5-8-21)6-9-21/h1-3,13-15,26H,4-12,23H2,(H,24,27). The van der Waals surface area contributed by atoms with Gasteiger partial charge in [-0.3, -0.25) is 4.79 Å². The number of nitrogens with zero attached hydrogens (tertiary/aromatic N) is 1. The van der Waals surface area contributed by atoms with Crippen molar-refractivity contribution in [2.75, 3.05) is 11.9 Å². The number of benzene rings is 1. The first-order valence-electron chi connectivity index (χ1n) is 9.95. The minimum absolute atomic E-state index is 0.101. The number of carbonyl (C=O) groups excluding carboxylic acids is 1. The van der Waals surface area contributed by atoms with Crippen LogP contribution in [0.3, 0.4) is 0 Å². The van der Waals surface area contributed by atoms with E-state index in [9.17, 15) is 9.90 Å². The molecule has 1 amide bonds. The minimum Gasteiger partial charge on any atom is -0.390 e. The molecule has 1 aromatic heterocycles. The molecule has 1 heterocycles. The predicted molar refractivity (Wildman–Crippen MR) is 112 cm³/mol. The summed E-state index contributed by atoms with van der Waals surface area (Å²) in [7, 11) is 0. The van der Waals surface area contributed by atoms with Crippen molar-refractivity contribution < 1.29 is 9.90 Å². The fraction of sp³-hybridized carbons (Fsp3) is 0.571. The zero-order chi connectivity index (χ0) is 19.0. The van der Waals surface area contributed by atoms with E-state index in [4.69, 9.17) is 5.73 Å². The summed E-state index contributed by atoms with van der Waals surface area (Å²) < 4.78 is 2.91. The summed E-state index contributed by atoms with van der Waals surface area (Å²) in [5, 5.41) is 14.1. The summed E-state index contributed by atoms with van der Waals surface area (Å²) in [6.07, 6.45) is 9.36. The smallest absolute Gasteiger partial charge is 0.224 e. The molecule has 2 aromatic rings. The number of aliphatic hydroxyl groups is 1. The molecule has 3 aliphatic carbocycles. The van der Waals surface area contributed by atoms with Crippen molar-refractivity contribution >= 4 is 38.4 Å². The van der Waals surface area contributed by atoms with Gasteiger partial charge in [0.25, 0.3) is 0 Å². The number of aromatic nitrogens is 1. The van der Waals surface area contributed by atoms with Crippen molar-refractivity contribution in [3.8, 4) is 0 Å². The molecule has 3 saturated carbocycles. The van der Waals surface area contributed by atoms with Crippen LogP contribution in [-0.2, 0) is 11.3 Å². The Bertz CT molecular complexity index is 826. The third-order valence-electron chi connectivity index (χ3n) is 6.59. The number of nitrogens with two attached hydrogens (primary N) is 1. The van der Waals surface area contributed by atoms with Gasteiger partial charge >= 0.3 is 0 Å². The van der Waals surface area contributed by atoms with Gasteiger partial charge in [-0.2, -0.15) is 0 Å². The van der Waals surface area contributed by atoms with Crippen molar-refractivity contribution in [3.05, 3.63) is 28.9 Å². The van der Waals surface area contributed by atoms with Gasteiger partial charge in [0.1, 0.15) is 0 Å². The lowest BCUT2D eigenvalue weighted by atomic mass is 9.59. The summed E-state index contributed by atoms with van der Waals surface area (Å²) in [5.41, 5.74) is 7.56. The van der Waals surface area contributed by atoms with Gasteiger partial charge in [-0.1, -0.05) is 22.0 Å². The van der Waals surface area contributed by atoms with Gasteiger partial charge < -0.3 is 20.7 Å².